The van der Waals surface area contributed by atoms with E-state index in [1.165, 1.54) is 0 Å². The molecule has 0 fully saturated rings. The van der Waals surface area contributed by atoms with Crippen LogP contribution in [0.3, 0.4) is 0 Å². The maximum atomic E-state index is 13.1. The molecule has 4 aromatic carbocycles. The molecule has 0 aromatic heterocycles. The summed E-state index contributed by atoms with van der Waals surface area (Å²) in [5.74, 6) is 1.14. The van der Waals surface area contributed by atoms with Gasteiger partial charge >= 0.3 is 5.97 Å². The summed E-state index contributed by atoms with van der Waals surface area (Å²) in [6.45, 7) is 6.09. The molecule has 6 rings (SSSR count). The number of ether oxygens (including phenoxy) is 2. The summed E-state index contributed by atoms with van der Waals surface area (Å²) < 4.78 is 12.8. The summed E-state index contributed by atoms with van der Waals surface area (Å²) in [6.07, 6.45) is 0. The third-order valence-electron chi connectivity index (χ3n) is 6.71. The Balaban J connectivity index is 1.71. The van der Waals surface area contributed by atoms with Gasteiger partial charge in [0, 0.05) is 36.0 Å². The fraction of sp³-hybridized carbons (Fsp3) is 0.179. The predicted octanol–water partition coefficient (Wildman–Crippen LogP) is 6.25. The Hall–Kier alpha value is -3.79. The zero-order valence-corrected chi connectivity index (χ0v) is 18.1. The quantitative estimate of drug-likeness (QED) is 0.366. The number of rotatable bonds is 3. The number of esters is 1. The second-order valence-corrected chi connectivity index (χ2v) is 8.23. The van der Waals surface area contributed by atoms with Crippen LogP contribution in [0.15, 0.2) is 78.9 Å². The molecule has 2 aliphatic heterocycles. The second-order valence-electron chi connectivity index (χ2n) is 8.23. The van der Waals surface area contributed by atoms with Crippen LogP contribution in [0.1, 0.15) is 40.9 Å². The van der Waals surface area contributed by atoms with E-state index < -0.39 is 5.60 Å². The smallest absolute Gasteiger partial charge is 0.340 e. The summed E-state index contributed by atoms with van der Waals surface area (Å²) in [6, 6.07) is 26.1. The summed E-state index contributed by atoms with van der Waals surface area (Å²) >= 11 is 0. The number of benzene rings is 4. The van der Waals surface area contributed by atoms with Gasteiger partial charge in [-0.2, -0.15) is 0 Å². The van der Waals surface area contributed by atoms with E-state index in [0.717, 1.165) is 57.7 Å². The Morgan fingerprint density at radius 3 is 2.44 bits per heavy atom. The molecule has 0 N–H and O–H groups in total. The van der Waals surface area contributed by atoms with Gasteiger partial charge < -0.3 is 14.4 Å². The topological polar surface area (TPSA) is 38.8 Å². The van der Waals surface area contributed by atoms with Crippen molar-refractivity contribution in [1.29, 1.82) is 0 Å². The zero-order chi connectivity index (χ0) is 21.9. The van der Waals surface area contributed by atoms with Gasteiger partial charge in [0.2, 0.25) is 0 Å². The maximum Gasteiger partial charge on any atom is 0.340 e. The van der Waals surface area contributed by atoms with E-state index in [4.69, 9.17) is 9.47 Å². The Morgan fingerprint density at radius 1 is 0.812 bits per heavy atom. The highest BCUT2D eigenvalue weighted by atomic mass is 16.6. The molecule has 0 saturated heterocycles. The average Bonchev–Trinajstić information content (AvgIpc) is 3.12. The highest BCUT2D eigenvalue weighted by Gasteiger charge is 2.54. The maximum absolute atomic E-state index is 13.1. The van der Waals surface area contributed by atoms with Crippen LogP contribution in [0, 0.1) is 0 Å². The summed E-state index contributed by atoms with van der Waals surface area (Å²) in [7, 11) is 0. The Morgan fingerprint density at radius 2 is 1.59 bits per heavy atom. The lowest BCUT2D eigenvalue weighted by molar-refractivity contribution is 0.0229. The van der Waals surface area contributed by atoms with E-state index in [1.54, 1.807) is 0 Å². The van der Waals surface area contributed by atoms with Crippen LogP contribution in [0.5, 0.6) is 11.5 Å². The molecular formula is C28H23NO3. The normalized spacial score (nSPS) is 18.0. The first-order chi connectivity index (χ1) is 15.7. The van der Waals surface area contributed by atoms with Crippen molar-refractivity contribution in [2.45, 2.75) is 19.4 Å². The largest absolute Gasteiger partial charge is 0.456 e. The van der Waals surface area contributed by atoms with Crippen molar-refractivity contribution < 1.29 is 14.3 Å². The number of anilines is 1. The van der Waals surface area contributed by atoms with E-state index in [0.29, 0.717) is 5.56 Å². The lowest BCUT2D eigenvalue weighted by atomic mass is 9.76. The van der Waals surface area contributed by atoms with E-state index in [1.807, 2.05) is 42.5 Å². The molecule has 158 valence electrons. The standard InChI is InChI=1S/C28H23NO3/c1-3-29(4-2)19-14-15-23-25(17-19)31-24-16-13-18-9-5-6-10-20(18)26(24)28(23)22-12-8-7-11-21(22)27(30)32-28/h5-17H,3-4H2,1-2H3. The number of hydrogen-bond donors (Lipinski definition) is 0. The van der Waals surface area contributed by atoms with Crippen LogP contribution >= 0.6 is 0 Å². The van der Waals surface area contributed by atoms with Crippen molar-refractivity contribution in [3.63, 3.8) is 0 Å². The number of carbonyl (C=O) groups excluding carboxylic acids is 1. The Kier molecular flexibility index (Phi) is 4.06. The van der Waals surface area contributed by atoms with Crippen molar-refractivity contribution in [3.8, 4) is 11.5 Å². The van der Waals surface area contributed by atoms with Crippen molar-refractivity contribution in [1.82, 2.24) is 0 Å². The summed E-state index contributed by atoms with van der Waals surface area (Å²) in [5, 5.41) is 2.10. The van der Waals surface area contributed by atoms with E-state index >= 15 is 0 Å². The minimum Gasteiger partial charge on any atom is -0.456 e. The van der Waals surface area contributed by atoms with Crippen LogP contribution in [-0.4, -0.2) is 19.1 Å². The van der Waals surface area contributed by atoms with E-state index in [9.17, 15) is 4.79 Å². The molecule has 4 aromatic rings. The molecule has 0 bridgehead atoms. The number of hydrogen-bond acceptors (Lipinski definition) is 4. The Bertz CT molecular complexity index is 1390. The second kappa shape index (κ2) is 6.86. The van der Waals surface area contributed by atoms with E-state index in [-0.39, 0.29) is 5.97 Å². The van der Waals surface area contributed by atoms with Crippen LogP contribution in [0.25, 0.3) is 10.8 Å². The number of nitrogens with zero attached hydrogens (tertiary/aromatic N) is 1. The van der Waals surface area contributed by atoms with Gasteiger partial charge in [-0.1, -0.05) is 48.5 Å². The lowest BCUT2D eigenvalue weighted by Gasteiger charge is -2.38. The first-order valence-electron chi connectivity index (χ1n) is 11.1. The molecule has 0 saturated carbocycles. The minimum absolute atomic E-state index is 0.305. The summed E-state index contributed by atoms with van der Waals surface area (Å²) in [4.78, 5) is 15.4. The van der Waals surface area contributed by atoms with Gasteiger partial charge in [-0.25, -0.2) is 4.79 Å². The van der Waals surface area contributed by atoms with Gasteiger partial charge in [0.1, 0.15) is 11.5 Å². The molecule has 0 amide bonds. The molecular weight excluding hydrogens is 398 g/mol. The molecule has 1 unspecified atom stereocenters. The molecule has 1 spiro atoms. The monoisotopic (exact) mass is 421 g/mol. The summed E-state index contributed by atoms with van der Waals surface area (Å²) in [5.41, 5.74) is 3.26. The van der Waals surface area contributed by atoms with Crippen molar-refractivity contribution in [3.05, 3.63) is 101 Å². The fourth-order valence-corrected chi connectivity index (χ4v) is 5.23. The first-order valence-corrected chi connectivity index (χ1v) is 11.1. The molecule has 1 atom stereocenters. The highest BCUT2D eigenvalue weighted by molar-refractivity contribution is 6.00. The third-order valence-corrected chi connectivity index (χ3v) is 6.71. The van der Waals surface area contributed by atoms with Gasteiger partial charge in [0.05, 0.1) is 11.1 Å². The molecule has 0 radical (unpaired) electrons. The first kappa shape index (κ1) is 18.9. The number of carbonyl (C=O) groups is 1. The van der Waals surface area contributed by atoms with Gasteiger partial charge in [-0.3, -0.25) is 0 Å². The highest BCUT2D eigenvalue weighted by Crippen LogP contribution is 2.58. The molecule has 4 nitrogen and oxygen atoms in total. The molecule has 32 heavy (non-hydrogen) atoms. The molecule has 0 aliphatic carbocycles. The van der Waals surface area contributed by atoms with Crippen LogP contribution in [0.4, 0.5) is 5.69 Å². The molecule has 4 heteroatoms. The van der Waals surface area contributed by atoms with Gasteiger partial charge in [0.15, 0.2) is 5.60 Å². The van der Waals surface area contributed by atoms with Crippen LogP contribution < -0.4 is 9.64 Å². The molecule has 2 aliphatic rings. The zero-order valence-electron chi connectivity index (χ0n) is 18.1. The van der Waals surface area contributed by atoms with Crippen molar-refractivity contribution in [2.24, 2.45) is 0 Å². The SMILES string of the molecule is CCN(CC)c1ccc2c(c1)Oc1ccc3ccccc3c1C21OC(=O)c2ccccc21. The number of fused-ring (bicyclic) bond motifs is 8. The average molecular weight is 421 g/mol. The van der Waals surface area contributed by atoms with Crippen molar-refractivity contribution in [2.75, 3.05) is 18.0 Å². The van der Waals surface area contributed by atoms with E-state index in [2.05, 4.69) is 55.1 Å². The van der Waals surface area contributed by atoms with Crippen molar-refractivity contribution >= 4 is 22.4 Å². The van der Waals surface area contributed by atoms with Gasteiger partial charge in [-0.05, 0) is 48.9 Å². The van der Waals surface area contributed by atoms with Gasteiger partial charge in [0.25, 0.3) is 0 Å². The van der Waals surface area contributed by atoms with Crippen LogP contribution in [-0.2, 0) is 10.3 Å². The Labute approximate surface area is 187 Å². The lowest BCUT2D eigenvalue weighted by Crippen LogP contribution is -2.33. The fourth-order valence-electron chi connectivity index (χ4n) is 5.23. The minimum atomic E-state index is -1.04. The van der Waals surface area contributed by atoms with Gasteiger partial charge in [-0.15, -0.1) is 0 Å². The third kappa shape index (κ3) is 2.41. The predicted molar refractivity (Wildman–Crippen MR) is 126 cm³/mol. The molecule has 2 heterocycles. The van der Waals surface area contributed by atoms with Crippen LogP contribution in [0.2, 0.25) is 0 Å².